The summed E-state index contributed by atoms with van der Waals surface area (Å²) in [5, 5.41) is 36.2. The molecule has 0 bridgehead atoms. The van der Waals surface area contributed by atoms with Gasteiger partial charge in [0.2, 0.25) is 5.78 Å². The minimum absolute atomic E-state index is 0.220. The fraction of sp³-hybridized carbons (Fsp3) is 0.182. The Bertz CT molecular complexity index is 481. The maximum Gasteiger partial charge on any atom is 0.347 e. The quantitative estimate of drug-likeness (QED) is 0.396. The lowest BCUT2D eigenvalue weighted by Gasteiger charge is -2.24. The maximum absolute atomic E-state index is 11.8. The van der Waals surface area contributed by atoms with Crippen LogP contribution in [0.4, 0.5) is 0 Å². The van der Waals surface area contributed by atoms with E-state index in [1.54, 1.807) is 6.07 Å². The molecule has 18 heavy (non-hydrogen) atoms. The van der Waals surface area contributed by atoms with Crippen molar-refractivity contribution in [2.75, 3.05) is 0 Å². The van der Waals surface area contributed by atoms with Crippen LogP contribution in [0.15, 0.2) is 30.3 Å². The summed E-state index contributed by atoms with van der Waals surface area (Å²) >= 11 is 0. The van der Waals surface area contributed by atoms with E-state index >= 15 is 0 Å². The van der Waals surface area contributed by atoms with E-state index in [1.807, 2.05) is 0 Å². The Morgan fingerprint density at radius 1 is 1.06 bits per heavy atom. The summed E-state index contributed by atoms with van der Waals surface area (Å²) < 4.78 is 0. The van der Waals surface area contributed by atoms with Gasteiger partial charge in [0.1, 0.15) is 0 Å². The standard InChI is InChI=1S/C11H10O7/c12-7(6-4-2-1-3-5-6)11(18,10(16)17)8(13)9(14)15/h1-5,8,13,18H,(H,14,15)(H,16,17)/t8?,11-/m0/s1. The van der Waals surface area contributed by atoms with E-state index in [1.165, 1.54) is 24.3 Å². The van der Waals surface area contributed by atoms with Gasteiger partial charge in [0.25, 0.3) is 5.60 Å². The molecular formula is C11H10O7. The largest absolute Gasteiger partial charge is 0.479 e. The second-order valence-electron chi connectivity index (χ2n) is 3.51. The third-order valence-corrected chi connectivity index (χ3v) is 2.34. The first kappa shape index (κ1) is 13.8. The number of rotatable bonds is 5. The number of ketones is 1. The molecule has 1 rings (SSSR count). The highest BCUT2D eigenvalue weighted by atomic mass is 16.4. The van der Waals surface area contributed by atoms with Crippen LogP contribution < -0.4 is 0 Å². The molecule has 0 aliphatic heterocycles. The second-order valence-corrected chi connectivity index (χ2v) is 3.51. The van der Waals surface area contributed by atoms with Gasteiger partial charge in [-0.25, -0.2) is 9.59 Å². The Morgan fingerprint density at radius 2 is 1.56 bits per heavy atom. The fourth-order valence-electron chi connectivity index (χ4n) is 1.33. The number of hydrogen-bond donors (Lipinski definition) is 4. The molecule has 7 heteroatoms. The van der Waals surface area contributed by atoms with Crippen molar-refractivity contribution in [2.45, 2.75) is 11.7 Å². The van der Waals surface area contributed by atoms with Crippen molar-refractivity contribution in [2.24, 2.45) is 0 Å². The highest BCUT2D eigenvalue weighted by molar-refractivity contribution is 6.17. The molecule has 0 heterocycles. The zero-order valence-corrected chi connectivity index (χ0v) is 8.98. The Labute approximate surface area is 101 Å². The van der Waals surface area contributed by atoms with Crippen LogP contribution in [0.1, 0.15) is 10.4 Å². The van der Waals surface area contributed by atoms with Crippen molar-refractivity contribution in [1.29, 1.82) is 0 Å². The van der Waals surface area contributed by atoms with Gasteiger partial charge < -0.3 is 20.4 Å². The van der Waals surface area contributed by atoms with Crippen LogP contribution in [0, 0.1) is 0 Å². The predicted octanol–water partition coefficient (Wildman–Crippen LogP) is -0.869. The molecular weight excluding hydrogens is 244 g/mol. The molecule has 0 saturated heterocycles. The highest BCUT2D eigenvalue weighted by Crippen LogP contribution is 2.19. The highest BCUT2D eigenvalue weighted by Gasteiger charge is 2.54. The van der Waals surface area contributed by atoms with Crippen LogP contribution in [0.5, 0.6) is 0 Å². The van der Waals surface area contributed by atoms with Gasteiger partial charge in [0.05, 0.1) is 0 Å². The zero-order valence-electron chi connectivity index (χ0n) is 8.98. The normalized spacial score (nSPS) is 15.4. The molecule has 0 aromatic heterocycles. The van der Waals surface area contributed by atoms with E-state index in [9.17, 15) is 24.6 Å². The summed E-state index contributed by atoms with van der Waals surface area (Å²) in [6.45, 7) is 0. The summed E-state index contributed by atoms with van der Waals surface area (Å²) in [4.78, 5) is 33.2. The number of aliphatic hydroxyl groups excluding tert-OH is 1. The number of hydrogen-bond acceptors (Lipinski definition) is 5. The maximum atomic E-state index is 11.8. The number of aliphatic hydroxyl groups is 2. The molecule has 1 aromatic rings. The molecule has 0 spiro atoms. The van der Waals surface area contributed by atoms with E-state index < -0.39 is 29.4 Å². The molecule has 1 unspecified atom stereocenters. The molecule has 7 nitrogen and oxygen atoms in total. The first-order valence-corrected chi connectivity index (χ1v) is 4.78. The molecule has 0 amide bonds. The Hall–Kier alpha value is -2.25. The smallest absolute Gasteiger partial charge is 0.347 e. The first-order valence-electron chi connectivity index (χ1n) is 4.78. The summed E-state index contributed by atoms with van der Waals surface area (Å²) in [7, 11) is 0. The van der Waals surface area contributed by atoms with Crippen LogP contribution in [0.3, 0.4) is 0 Å². The van der Waals surface area contributed by atoms with E-state index in [0.29, 0.717) is 0 Å². The van der Waals surface area contributed by atoms with Crippen molar-refractivity contribution >= 4 is 17.7 Å². The molecule has 0 aliphatic carbocycles. The summed E-state index contributed by atoms with van der Waals surface area (Å²) in [6, 6.07) is 6.76. The lowest BCUT2D eigenvalue weighted by molar-refractivity contribution is -0.175. The minimum Gasteiger partial charge on any atom is -0.479 e. The minimum atomic E-state index is -3.42. The molecule has 0 radical (unpaired) electrons. The van der Waals surface area contributed by atoms with Crippen LogP contribution >= 0.6 is 0 Å². The molecule has 4 N–H and O–H groups in total. The topological polar surface area (TPSA) is 132 Å². The third kappa shape index (κ3) is 2.22. The summed E-state index contributed by atoms with van der Waals surface area (Å²) in [5.41, 5.74) is -3.64. The van der Waals surface area contributed by atoms with Crippen LogP contribution in [-0.4, -0.2) is 49.9 Å². The second kappa shape index (κ2) is 4.94. The van der Waals surface area contributed by atoms with Gasteiger partial charge in [-0.15, -0.1) is 0 Å². The molecule has 2 atom stereocenters. The van der Waals surface area contributed by atoms with Gasteiger partial charge in [-0.2, -0.15) is 0 Å². The van der Waals surface area contributed by atoms with Crippen molar-refractivity contribution in [3.8, 4) is 0 Å². The Balaban J connectivity index is 3.26. The number of benzene rings is 1. The monoisotopic (exact) mass is 254 g/mol. The number of carbonyl (C=O) groups is 3. The van der Waals surface area contributed by atoms with Gasteiger partial charge in [0.15, 0.2) is 6.10 Å². The van der Waals surface area contributed by atoms with Gasteiger partial charge >= 0.3 is 11.9 Å². The molecule has 96 valence electrons. The number of aliphatic carboxylic acids is 2. The Morgan fingerprint density at radius 3 is 1.94 bits per heavy atom. The van der Waals surface area contributed by atoms with Gasteiger partial charge in [-0.05, 0) is 0 Å². The average Bonchev–Trinajstić information content (AvgIpc) is 2.36. The average molecular weight is 254 g/mol. The van der Waals surface area contributed by atoms with E-state index in [0.717, 1.165) is 0 Å². The van der Waals surface area contributed by atoms with Crippen molar-refractivity contribution in [3.05, 3.63) is 35.9 Å². The SMILES string of the molecule is O=C(O)C(O)[C@](O)(C(=O)O)C(=O)c1ccccc1. The fourth-order valence-corrected chi connectivity index (χ4v) is 1.33. The number of carboxylic acids is 2. The van der Waals surface area contributed by atoms with Crippen molar-refractivity contribution < 1.29 is 34.8 Å². The molecule has 0 fully saturated rings. The van der Waals surface area contributed by atoms with E-state index in [2.05, 4.69) is 0 Å². The van der Waals surface area contributed by atoms with Gasteiger partial charge in [-0.1, -0.05) is 30.3 Å². The number of carboxylic acid groups (broad SMARTS) is 2. The zero-order chi connectivity index (χ0) is 13.9. The summed E-state index contributed by atoms with van der Waals surface area (Å²) in [5.74, 6) is -5.54. The molecule has 1 aromatic carbocycles. The van der Waals surface area contributed by atoms with Crippen molar-refractivity contribution in [3.63, 3.8) is 0 Å². The molecule has 0 saturated carbocycles. The summed E-state index contributed by atoms with van der Waals surface area (Å²) in [6.07, 6.45) is -2.76. The van der Waals surface area contributed by atoms with Gasteiger partial charge in [-0.3, -0.25) is 4.79 Å². The van der Waals surface area contributed by atoms with Crippen LogP contribution in [0.25, 0.3) is 0 Å². The number of carbonyl (C=O) groups excluding carboxylic acids is 1. The van der Waals surface area contributed by atoms with E-state index in [4.69, 9.17) is 10.2 Å². The first-order chi connectivity index (χ1) is 8.31. The van der Waals surface area contributed by atoms with Crippen molar-refractivity contribution in [1.82, 2.24) is 0 Å². The predicted molar refractivity (Wildman–Crippen MR) is 57.0 cm³/mol. The lowest BCUT2D eigenvalue weighted by Crippen LogP contribution is -2.58. The lowest BCUT2D eigenvalue weighted by atomic mass is 9.87. The molecule has 0 aliphatic rings. The van der Waals surface area contributed by atoms with Crippen LogP contribution in [0.2, 0.25) is 0 Å². The third-order valence-electron chi connectivity index (χ3n) is 2.34. The van der Waals surface area contributed by atoms with Gasteiger partial charge in [0, 0.05) is 5.56 Å². The number of Topliss-reactive ketones (excluding diaryl/α,β-unsaturated/α-hetero) is 1. The van der Waals surface area contributed by atoms with E-state index in [-0.39, 0.29) is 5.56 Å². The van der Waals surface area contributed by atoms with Crippen LogP contribution in [-0.2, 0) is 9.59 Å². The Kier molecular flexibility index (Phi) is 3.79.